The molecule has 1 aromatic carbocycles. The maximum absolute atomic E-state index is 12.9. The molecule has 0 radical (unpaired) electrons. The molecule has 1 aliphatic heterocycles. The number of carbonyl (C=O) groups is 1. The number of piperidine rings is 1. The largest absolute Gasteiger partial charge is 0.493 e. The summed E-state index contributed by atoms with van der Waals surface area (Å²) in [5.41, 5.74) is 1.20. The van der Waals surface area contributed by atoms with Crippen molar-refractivity contribution < 1.29 is 19.0 Å². The number of allylic oxidation sites excluding steroid dienone is 1. The van der Waals surface area contributed by atoms with Crippen LogP contribution in [0.1, 0.15) is 23.3 Å². The summed E-state index contributed by atoms with van der Waals surface area (Å²) in [6.07, 6.45) is 3.68. The van der Waals surface area contributed by atoms with Gasteiger partial charge in [-0.3, -0.25) is 4.90 Å². The molecule has 0 aliphatic carbocycles. The van der Waals surface area contributed by atoms with Crippen molar-refractivity contribution in [2.75, 3.05) is 41.4 Å². The SMILES string of the molecule is COc1ccc(C(C#N)=Cc2ccc(OC(=O)C(C3CCNCC3)N(C)C)s2)cc1OC. The van der Waals surface area contributed by atoms with Crippen molar-refractivity contribution in [1.29, 1.82) is 5.26 Å². The Bertz CT molecular complexity index is 1000. The number of hydrogen-bond acceptors (Lipinski definition) is 8. The zero-order chi connectivity index (χ0) is 23.1. The highest BCUT2D eigenvalue weighted by atomic mass is 32.1. The third-order valence-electron chi connectivity index (χ3n) is 5.53. The molecule has 8 heteroatoms. The first-order chi connectivity index (χ1) is 15.5. The molecule has 2 aromatic rings. The quantitative estimate of drug-likeness (QED) is 0.480. The minimum absolute atomic E-state index is 0.236. The topological polar surface area (TPSA) is 83.8 Å². The van der Waals surface area contributed by atoms with E-state index in [2.05, 4.69) is 11.4 Å². The Morgan fingerprint density at radius 3 is 2.53 bits per heavy atom. The minimum atomic E-state index is -0.278. The Hall–Kier alpha value is -2.86. The van der Waals surface area contributed by atoms with Gasteiger partial charge >= 0.3 is 5.97 Å². The Morgan fingerprint density at radius 2 is 1.91 bits per heavy atom. The van der Waals surface area contributed by atoms with Crippen LogP contribution in [-0.2, 0) is 4.79 Å². The molecule has 32 heavy (non-hydrogen) atoms. The van der Waals surface area contributed by atoms with E-state index in [4.69, 9.17) is 14.2 Å². The van der Waals surface area contributed by atoms with E-state index in [-0.39, 0.29) is 17.9 Å². The number of benzene rings is 1. The van der Waals surface area contributed by atoms with Gasteiger partial charge in [0.25, 0.3) is 0 Å². The molecular formula is C24H29N3O4S. The number of esters is 1. The zero-order valence-electron chi connectivity index (χ0n) is 18.9. The monoisotopic (exact) mass is 455 g/mol. The van der Waals surface area contributed by atoms with Gasteiger partial charge in [0.05, 0.1) is 25.9 Å². The van der Waals surface area contributed by atoms with Crippen molar-refractivity contribution >= 4 is 29.0 Å². The second-order valence-corrected chi connectivity index (χ2v) is 8.89. The number of carbonyl (C=O) groups excluding carboxylic acids is 1. The molecule has 1 unspecified atom stereocenters. The van der Waals surface area contributed by atoms with Gasteiger partial charge in [0.2, 0.25) is 0 Å². The first-order valence-electron chi connectivity index (χ1n) is 10.5. The standard InChI is InChI=1S/C24H29N3O4S/c1-27(2)23(16-9-11-26-12-10-16)24(28)31-22-8-6-19(32-22)13-18(15-25)17-5-7-20(29-3)21(14-17)30-4/h5-8,13-14,16,23,26H,9-12H2,1-4H3. The van der Waals surface area contributed by atoms with Gasteiger partial charge in [0.15, 0.2) is 16.6 Å². The van der Waals surface area contributed by atoms with Gasteiger partial charge in [0.1, 0.15) is 6.04 Å². The van der Waals surface area contributed by atoms with Gasteiger partial charge in [-0.05, 0) is 87.9 Å². The third-order valence-corrected chi connectivity index (χ3v) is 6.44. The first kappa shape index (κ1) is 23.8. The summed E-state index contributed by atoms with van der Waals surface area (Å²) in [7, 11) is 6.96. The maximum Gasteiger partial charge on any atom is 0.329 e. The van der Waals surface area contributed by atoms with Crippen LogP contribution in [-0.4, -0.2) is 58.3 Å². The number of ether oxygens (including phenoxy) is 3. The Kier molecular flexibility index (Phi) is 8.28. The summed E-state index contributed by atoms with van der Waals surface area (Å²) in [5, 5.41) is 13.5. The minimum Gasteiger partial charge on any atom is -0.493 e. The number of hydrogen-bond donors (Lipinski definition) is 1. The Morgan fingerprint density at radius 1 is 1.19 bits per heavy atom. The second kappa shape index (κ2) is 11.1. The van der Waals surface area contributed by atoms with Crippen molar-refractivity contribution in [1.82, 2.24) is 10.2 Å². The Labute approximate surface area is 193 Å². The number of methoxy groups -OCH3 is 2. The summed E-state index contributed by atoms with van der Waals surface area (Å²) in [4.78, 5) is 15.7. The predicted molar refractivity (Wildman–Crippen MR) is 126 cm³/mol. The number of thiophene rings is 1. The van der Waals surface area contributed by atoms with Crippen LogP contribution in [0, 0.1) is 17.2 Å². The van der Waals surface area contributed by atoms with Gasteiger partial charge in [-0.15, -0.1) is 0 Å². The van der Waals surface area contributed by atoms with Crippen molar-refractivity contribution in [3.8, 4) is 22.6 Å². The highest BCUT2D eigenvalue weighted by Gasteiger charge is 2.33. The van der Waals surface area contributed by atoms with Crippen LogP contribution in [0.2, 0.25) is 0 Å². The molecule has 2 heterocycles. The zero-order valence-corrected chi connectivity index (χ0v) is 19.7. The number of rotatable bonds is 8. The van der Waals surface area contributed by atoms with E-state index in [0.29, 0.717) is 22.1 Å². The number of nitrogens with one attached hydrogen (secondary N) is 1. The number of nitrogens with zero attached hydrogens (tertiary/aromatic N) is 2. The van der Waals surface area contributed by atoms with E-state index in [1.165, 1.54) is 11.3 Å². The molecule has 1 aromatic heterocycles. The molecule has 0 saturated carbocycles. The van der Waals surface area contributed by atoms with Crippen molar-refractivity contribution in [3.63, 3.8) is 0 Å². The molecule has 1 N–H and O–H groups in total. The van der Waals surface area contributed by atoms with Crippen LogP contribution in [0.4, 0.5) is 0 Å². The number of likely N-dealkylation sites (N-methyl/N-ethyl adjacent to an activating group) is 1. The van der Waals surface area contributed by atoms with Gasteiger partial charge < -0.3 is 19.5 Å². The molecule has 7 nitrogen and oxygen atoms in total. The van der Waals surface area contributed by atoms with Crippen LogP contribution in [0.25, 0.3) is 11.6 Å². The third kappa shape index (κ3) is 5.68. The van der Waals surface area contributed by atoms with E-state index in [1.54, 1.807) is 38.5 Å². The van der Waals surface area contributed by atoms with Crippen LogP contribution in [0.3, 0.4) is 0 Å². The molecule has 3 rings (SSSR count). The lowest BCUT2D eigenvalue weighted by molar-refractivity contribution is -0.141. The van der Waals surface area contributed by atoms with Crippen LogP contribution >= 0.6 is 11.3 Å². The van der Waals surface area contributed by atoms with Crippen molar-refractivity contribution in [3.05, 3.63) is 40.8 Å². The van der Waals surface area contributed by atoms with E-state index in [0.717, 1.165) is 36.4 Å². The molecule has 1 aliphatic rings. The van der Waals surface area contributed by atoms with Gasteiger partial charge in [-0.1, -0.05) is 11.3 Å². The van der Waals surface area contributed by atoms with Crippen LogP contribution in [0.5, 0.6) is 16.6 Å². The van der Waals surface area contributed by atoms with E-state index >= 15 is 0 Å². The average molecular weight is 456 g/mol. The molecule has 1 fully saturated rings. The van der Waals surface area contributed by atoms with Crippen LogP contribution in [0.15, 0.2) is 30.3 Å². The fourth-order valence-electron chi connectivity index (χ4n) is 3.94. The van der Waals surface area contributed by atoms with E-state index < -0.39 is 0 Å². The van der Waals surface area contributed by atoms with Gasteiger partial charge in [-0.2, -0.15) is 5.26 Å². The fourth-order valence-corrected chi connectivity index (χ4v) is 4.74. The lowest BCUT2D eigenvalue weighted by Gasteiger charge is -2.33. The van der Waals surface area contributed by atoms with Crippen molar-refractivity contribution in [2.24, 2.45) is 5.92 Å². The molecule has 0 spiro atoms. The van der Waals surface area contributed by atoms with Crippen LogP contribution < -0.4 is 19.5 Å². The molecule has 0 bridgehead atoms. The smallest absolute Gasteiger partial charge is 0.329 e. The maximum atomic E-state index is 12.9. The second-order valence-electron chi connectivity index (χ2n) is 7.81. The van der Waals surface area contributed by atoms with Gasteiger partial charge in [-0.25, -0.2) is 4.79 Å². The van der Waals surface area contributed by atoms with E-state index in [1.807, 2.05) is 31.1 Å². The fraction of sp³-hybridized carbons (Fsp3) is 0.417. The Balaban J connectivity index is 1.76. The first-order valence-corrected chi connectivity index (χ1v) is 11.3. The molecule has 170 valence electrons. The average Bonchev–Trinajstić information content (AvgIpc) is 3.24. The molecule has 1 atom stereocenters. The van der Waals surface area contributed by atoms with E-state index in [9.17, 15) is 10.1 Å². The molecule has 1 saturated heterocycles. The van der Waals surface area contributed by atoms with Crippen molar-refractivity contribution in [2.45, 2.75) is 18.9 Å². The summed E-state index contributed by atoms with van der Waals surface area (Å²) >= 11 is 1.34. The molecular weight excluding hydrogens is 426 g/mol. The summed E-state index contributed by atoms with van der Waals surface area (Å²) in [6, 6.07) is 10.9. The summed E-state index contributed by atoms with van der Waals surface area (Å²) in [5.74, 6) is 1.19. The summed E-state index contributed by atoms with van der Waals surface area (Å²) < 4.78 is 16.3. The highest BCUT2D eigenvalue weighted by Crippen LogP contribution is 2.33. The highest BCUT2D eigenvalue weighted by molar-refractivity contribution is 7.14. The lowest BCUT2D eigenvalue weighted by atomic mass is 9.89. The lowest BCUT2D eigenvalue weighted by Crippen LogP contribution is -2.47. The molecule has 0 amide bonds. The predicted octanol–water partition coefficient (Wildman–Crippen LogP) is 3.66. The van der Waals surface area contributed by atoms with Gasteiger partial charge in [0, 0.05) is 4.88 Å². The summed E-state index contributed by atoms with van der Waals surface area (Å²) in [6.45, 7) is 1.84. The normalized spacial score (nSPS) is 15.8. The number of nitriles is 1.